The highest BCUT2D eigenvalue weighted by atomic mass is 19.4. The molecule has 3 aromatic rings. The van der Waals surface area contributed by atoms with Crippen molar-refractivity contribution in [1.29, 1.82) is 0 Å². The second-order valence-corrected chi connectivity index (χ2v) is 5.82. The molecule has 1 N–H and O–H groups in total. The van der Waals surface area contributed by atoms with Crippen molar-refractivity contribution in [3.63, 3.8) is 0 Å². The molecule has 0 saturated carbocycles. The number of hydrogen-bond donors (Lipinski definition) is 1. The first-order chi connectivity index (χ1) is 12.9. The number of benzene rings is 2. The van der Waals surface area contributed by atoms with E-state index >= 15 is 0 Å². The molecule has 0 spiro atoms. The fraction of sp³-hybridized carbons (Fsp3) is 0.211. The van der Waals surface area contributed by atoms with Gasteiger partial charge in [0, 0.05) is 6.42 Å². The largest absolute Gasteiger partial charge is 0.417 e. The highest BCUT2D eigenvalue weighted by molar-refractivity contribution is 5.95. The molecular weight excluding hydrogens is 359 g/mol. The zero-order valence-corrected chi connectivity index (χ0v) is 14.2. The molecule has 0 saturated heterocycles. The first-order valence-corrected chi connectivity index (χ1v) is 8.23. The average molecular weight is 375 g/mol. The van der Waals surface area contributed by atoms with E-state index in [1.807, 2.05) is 30.3 Å². The standard InChI is InChI=1S/C19H16F3N3O2/c20-19(21,22)15-9-5-4-8-14(15)18(26)23-12-16-24-17(27-25-16)11-10-13-6-2-1-3-7-13/h1-9H,10-12H2,(H,23,26). The van der Waals surface area contributed by atoms with E-state index in [4.69, 9.17) is 4.52 Å². The molecule has 140 valence electrons. The molecule has 0 fully saturated rings. The number of nitrogens with one attached hydrogen (secondary N) is 1. The Morgan fingerprint density at radius 1 is 1.00 bits per heavy atom. The lowest BCUT2D eigenvalue weighted by atomic mass is 10.1. The van der Waals surface area contributed by atoms with E-state index in [2.05, 4.69) is 15.5 Å². The predicted octanol–water partition coefficient (Wildman–Crippen LogP) is 3.80. The number of nitrogens with zero attached hydrogens (tertiary/aromatic N) is 2. The van der Waals surface area contributed by atoms with Crippen LogP contribution in [0.4, 0.5) is 13.2 Å². The topological polar surface area (TPSA) is 68.0 Å². The van der Waals surface area contributed by atoms with Crippen LogP contribution in [-0.2, 0) is 25.6 Å². The van der Waals surface area contributed by atoms with Crippen LogP contribution in [-0.4, -0.2) is 16.0 Å². The highest BCUT2D eigenvalue weighted by Gasteiger charge is 2.34. The minimum absolute atomic E-state index is 0.125. The number of rotatable bonds is 6. The molecule has 0 aliphatic rings. The summed E-state index contributed by atoms with van der Waals surface area (Å²) in [5.74, 6) is -0.242. The molecule has 0 unspecified atom stereocenters. The highest BCUT2D eigenvalue weighted by Crippen LogP contribution is 2.31. The van der Waals surface area contributed by atoms with Gasteiger partial charge in [0.1, 0.15) is 0 Å². The fourth-order valence-corrected chi connectivity index (χ4v) is 2.54. The van der Waals surface area contributed by atoms with Gasteiger partial charge in [-0.05, 0) is 24.1 Å². The van der Waals surface area contributed by atoms with Gasteiger partial charge in [-0.25, -0.2) is 0 Å². The Hall–Kier alpha value is -3.16. The van der Waals surface area contributed by atoms with E-state index in [9.17, 15) is 18.0 Å². The Balaban J connectivity index is 1.58. The van der Waals surface area contributed by atoms with Crippen molar-refractivity contribution >= 4 is 5.91 Å². The quantitative estimate of drug-likeness (QED) is 0.712. The number of amides is 1. The van der Waals surface area contributed by atoms with E-state index in [0.29, 0.717) is 18.7 Å². The van der Waals surface area contributed by atoms with Crippen molar-refractivity contribution < 1.29 is 22.5 Å². The Morgan fingerprint density at radius 2 is 1.70 bits per heavy atom. The number of aryl methyl sites for hydroxylation is 2. The number of alkyl halides is 3. The molecule has 0 atom stereocenters. The molecule has 1 amide bonds. The lowest BCUT2D eigenvalue weighted by Crippen LogP contribution is -2.26. The van der Waals surface area contributed by atoms with Gasteiger partial charge in [0.15, 0.2) is 5.82 Å². The monoisotopic (exact) mass is 375 g/mol. The van der Waals surface area contributed by atoms with Crippen molar-refractivity contribution in [2.24, 2.45) is 0 Å². The Morgan fingerprint density at radius 3 is 2.44 bits per heavy atom. The molecule has 3 rings (SSSR count). The second-order valence-electron chi connectivity index (χ2n) is 5.82. The van der Waals surface area contributed by atoms with Crippen molar-refractivity contribution in [2.45, 2.75) is 25.6 Å². The van der Waals surface area contributed by atoms with Crippen molar-refractivity contribution in [1.82, 2.24) is 15.5 Å². The zero-order valence-electron chi connectivity index (χ0n) is 14.2. The van der Waals surface area contributed by atoms with Gasteiger partial charge in [-0.3, -0.25) is 4.79 Å². The third kappa shape index (κ3) is 4.93. The molecule has 0 aliphatic heterocycles. The van der Waals surface area contributed by atoms with E-state index in [-0.39, 0.29) is 12.4 Å². The summed E-state index contributed by atoms with van der Waals surface area (Å²) < 4.78 is 44.1. The molecule has 0 aliphatic carbocycles. The maximum Gasteiger partial charge on any atom is 0.417 e. The predicted molar refractivity (Wildman–Crippen MR) is 90.8 cm³/mol. The molecule has 8 heteroatoms. The molecule has 0 bridgehead atoms. The minimum atomic E-state index is -4.61. The van der Waals surface area contributed by atoms with Gasteiger partial charge in [0.25, 0.3) is 5.91 Å². The number of halogens is 3. The maximum atomic E-state index is 13.0. The summed E-state index contributed by atoms with van der Waals surface area (Å²) in [6, 6.07) is 14.4. The van der Waals surface area contributed by atoms with Crippen molar-refractivity contribution in [3.8, 4) is 0 Å². The molecule has 27 heavy (non-hydrogen) atoms. The summed E-state index contributed by atoms with van der Waals surface area (Å²) in [7, 11) is 0. The van der Waals surface area contributed by atoms with Gasteiger partial charge in [-0.1, -0.05) is 47.6 Å². The van der Waals surface area contributed by atoms with Crippen LogP contribution in [0.5, 0.6) is 0 Å². The number of aromatic nitrogens is 2. The zero-order chi connectivity index (χ0) is 19.3. The summed E-state index contributed by atoms with van der Waals surface area (Å²) in [5.41, 5.74) is -0.314. The van der Waals surface area contributed by atoms with Gasteiger partial charge in [0.2, 0.25) is 5.89 Å². The van der Waals surface area contributed by atoms with Gasteiger partial charge >= 0.3 is 6.18 Å². The van der Waals surface area contributed by atoms with Crippen LogP contribution in [0.25, 0.3) is 0 Å². The lowest BCUT2D eigenvalue weighted by Gasteiger charge is -2.11. The Kier molecular flexibility index (Phi) is 5.54. The van der Waals surface area contributed by atoms with E-state index in [1.165, 1.54) is 12.1 Å². The summed E-state index contributed by atoms with van der Waals surface area (Å²) in [6.45, 7) is -0.125. The summed E-state index contributed by atoms with van der Waals surface area (Å²) in [4.78, 5) is 16.3. The van der Waals surface area contributed by atoms with E-state index < -0.39 is 23.2 Å². The fourth-order valence-electron chi connectivity index (χ4n) is 2.54. The van der Waals surface area contributed by atoms with Crippen LogP contribution in [0.15, 0.2) is 59.1 Å². The molecule has 1 heterocycles. The number of carbonyl (C=O) groups excluding carboxylic acids is 1. The molecule has 2 aromatic carbocycles. The van der Waals surface area contributed by atoms with Crippen molar-refractivity contribution in [3.05, 3.63) is 83.0 Å². The third-order valence-electron chi connectivity index (χ3n) is 3.86. The molecule has 1 aromatic heterocycles. The summed E-state index contributed by atoms with van der Waals surface area (Å²) in [5, 5.41) is 6.13. The summed E-state index contributed by atoms with van der Waals surface area (Å²) >= 11 is 0. The van der Waals surface area contributed by atoms with Crippen LogP contribution in [0.2, 0.25) is 0 Å². The van der Waals surface area contributed by atoms with Crippen LogP contribution < -0.4 is 5.32 Å². The van der Waals surface area contributed by atoms with Crippen LogP contribution in [0.3, 0.4) is 0 Å². The van der Waals surface area contributed by atoms with Crippen molar-refractivity contribution in [2.75, 3.05) is 0 Å². The smallest absolute Gasteiger partial charge is 0.345 e. The first kappa shape index (κ1) is 18.6. The Labute approximate surface area is 153 Å². The SMILES string of the molecule is O=C(NCc1noc(CCc2ccccc2)n1)c1ccccc1C(F)(F)F. The molecule has 0 radical (unpaired) electrons. The average Bonchev–Trinajstić information content (AvgIpc) is 3.12. The van der Waals surface area contributed by atoms with E-state index in [0.717, 1.165) is 17.7 Å². The second kappa shape index (κ2) is 8.03. The third-order valence-corrected chi connectivity index (χ3v) is 3.86. The van der Waals surface area contributed by atoms with Crippen LogP contribution in [0.1, 0.15) is 33.2 Å². The lowest BCUT2D eigenvalue weighted by molar-refractivity contribution is -0.137. The number of hydrogen-bond acceptors (Lipinski definition) is 4. The molecular formula is C19H16F3N3O2. The van der Waals surface area contributed by atoms with Gasteiger partial charge in [0.05, 0.1) is 17.7 Å². The van der Waals surface area contributed by atoms with Gasteiger partial charge in [-0.15, -0.1) is 0 Å². The summed E-state index contributed by atoms with van der Waals surface area (Å²) in [6.07, 6.45) is -3.36. The number of carbonyl (C=O) groups is 1. The van der Waals surface area contributed by atoms with Crippen LogP contribution in [0, 0.1) is 0 Å². The minimum Gasteiger partial charge on any atom is -0.345 e. The molecule has 5 nitrogen and oxygen atoms in total. The normalized spacial score (nSPS) is 11.4. The van der Waals surface area contributed by atoms with Gasteiger partial charge in [-0.2, -0.15) is 18.2 Å². The van der Waals surface area contributed by atoms with Crippen LogP contribution >= 0.6 is 0 Å². The first-order valence-electron chi connectivity index (χ1n) is 8.23. The maximum absolute atomic E-state index is 13.0. The van der Waals surface area contributed by atoms with E-state index in [1.54, 1.807) is 0 Å². The Bertz CT molecular complexity index is 908. The van der Waals surface area contributed by atoms with Gasteiger partial charge < -0.3 is 9.84 Å².